The van der Waals surface area contributed by atoms with Crippen LogP contribution in [-0.2, 0) is 6.42 Å². The summed E-state index contributed by atoms with van der Waals surface area (Å²) in [5.41, 5.74) is 1.69. The number of hydrogen-bond acceptors (Lipinski definition) is 6. The first-order valence-corrected chi connectivity index (χ1v) is 10.4. The van der Waals surface area contributed by atoms with E-state index in [4.69, 9.17) is 9.15 Å². The highest BCUT2D eigenvalue weighted by atomic mass is 16.5. The van der Waals surface area contributed by atoms with Gasteiger partial charge in [0.2, 0.25) is 5.43 Å². The van der Waals surface area contributed by atoms with Crippen LogP contribution in [0.5, 0.6) is 23.0 Å². The summed E-state index contributed by atoms with van der Waals surface area (Å²) in [6, 6.07) is 5.63. The Labute approximate surface area is 186 Å². The van der Waals surface area contributed by atoms with Gasteiger partial charge in [-0.3, -0.25) is 4.79 Å². The van der Waals surface area contributed by atoms with Crippen LogP contribution in [0.3, 0.4) is 0 Å². The Kier molecular flexibility index (Phi) is 6.63. The highest BCUT2D eigenvalue weighted by Crippen LogP contribution is 2.40. The summed E-state index contributed by atoms with van der Waals surface area (Å²) < 4.78 is 11.5. The second-order valence-corrected chi connectivity index (χ2v) is 8.24. The molecule has 0 atom stereocenters. The number of rotatable bonds is 6. The van der Waals surface area contributed by atoms with Crippen molar-refractivity contribution in [1.29, 1.82) is 0 Å². The number of methoxy groups -OCH3 is 1. The Bertz CT molecular complexity index is 1270. The minimum Gasteiger partial charge on any atom is -0.508 e. The molecule has 0 spiro atoms. The predicted octanol–water partition coefficient (Wildman–Crippen LogP) is 5.76. The molecular weight excluding hydrogens is 408 g/mol. The Morgan fingerprint density at radius 2 is 1.88 bits per heavy atom. The third-order valence-corrected chi connectivity index (χ3v) is 5.06. The van der Waals surface area contributed by atoms with Crippen molar-refractivity contribution in [1.82, 2.24) is 0 Å². The van der Waals surface area contributed by atoms with Gasteiger partial charge < -0.3 is 24.5 Å². The van der Waals surface area contributed by atoms with E-state index in [1.54, 1.807) is 12.1 Å². The normalized spacial score (nSPS) is 11.4. The molecule has 168 valence electrons. The molecule has 0 saturated carbocycles. The lowest BCUT2D eigenvalue weighted by Crippen LogP contribution is -2.12. The van der Waals surface area contributed by atoms with Crippen molar-refractivity contribution < 1.29 is 24.5 Å². The van der Waals surface area contributed by atoms with Gasteiger partial charge in [0.05, 0.1) is 18.2 Å². The van der Waals surface area contributed by atoms with E-state index in [0.29, 0.717) is 16.9 Å². The SMILES string of the molecule is COc1cc2oc(-c3ccc(O)cc3O)c(CC=C(C)C)c(=O)c2c(O)c1/C=C\C(C)C. The quantitative estimate of drug-likeness (QED) is 0.425. The second kappa shape index (κ2) is 9.22. The number of allylic oxidation sites excluding steroid dienone is 3. The lowest BCUT2D eigenvalue weighted by Gasteiger charge is -2.14. The van der Waals surface area contributed by atoms with E-state index in [1.807, 2.05) is 39.8 Å². The molecule has 0 aliphatic carbocycles. The maximum Gasteiger partial charge on any atom is 0.200 e. The molecule has 0 saturated heterocycles. The van der Waals surface area contributed by atoms with Crippen molar-refractivity contribution in [3.8, 4) is 34.3 Å². The molecule has 32 heavy (non-hydrogen) atoms. The van der Waals surface area contributed by atoms with Crippen LogP contribution < -0.4 is 10.2 Å². The summed E-state index contributed by atoms with van der Waals surface area (Å²) >= 11 is 0. The molecule has 0 aliphatic rings. The Balaban J connectivity index is 2.42. The average Bonchev–Trinajstić information content (AvgIpc) is 2.71. The van der Waals surface area contributed by atoms with E-state index in [0.717, 1.165) is 5.57 Å². The molecule has 1 heterocycles. The fourth-order valence-corrected chi connectivity index (χ4v) is 3.40. The van der Waals surface area contributed by atoms with E-state index in [1.165, 1.54) is 25.3 Å². The molecule has 0 amide bonds. The molecular formula is C26H28O6. The number of ether oxygens (including phenoxy) is 1. The van der Waals surface area contributed by atoms with Crippen LogP contribution in [-0.4, -0.2) is 22.4 Å². The summed E-state index contributed by atoms with van der Waals surface area (Å²) in [5.74, 6) is 0.210. The van der Waals surface area contributed by atoms with Gasteiger partial charge in [-0.2, -0.15) is 0 Å². The smallest absolute Gasteiger partial charge is 0.200 e. The zero-order valence-electron chi connectivity index (χ0n) is 18.9. The topological polar surface area (TPSA) is 100 Å². The Morgan fingerprint density at radius 3 is 2.47 bits per heavy atom. The lowest BCUT2D eigenvalue weighted by atomic mass is 9.98. The average molecular weight is 437 g/mol. The van der Waals surface area contributed by atoms with Crippen molar-refractivity contribution in [2.24, 2.45) is 5.92 Å². The summed E-state index contributed by atoms with van der Waals surface area (Å²) in [6.45, 7) is 7.84. The van der Waals surface area contributed by atoms with Crippen molar-refractivity contribution in [2.45, 2.75) is 34.1 Å². The van der Waals surface area contributed by atoms with Crippen LogP contribution in [0.1, 0.15) is 38.8 Å². The van der Waals surface area contributed by atoms with Gasteiger partial charge in [-0.1, -0.05) is 37.6 Å². The van der Waals surface area contributed by atoms with Gasteiger partial charge in [-0.15, -0.1) is 0 Å². The van der Waals surface area contributed by atoms with Crippen molar-refractivity contribution in [3.63, 3.8) is 0 Å². The van der Waals surface area contributed by atoms with Crippen LogP contribution in [0.2, 0.25) is 0 Å². The third kappa shape index (κ3) is 4.49. The summed E-state index contributed by atoms with van der Waals surface area (Å²) in [4.78, 5) is 13.6. The van der Waals surface area contributed by atoms with Gasteiger partial charge in [0, 0.05) is 17.7 Å². The third-order valence-electron chi connectivity index (χ3n) is 5.06. The van der Waals surface area contributed by atoms with Gasteiger partial charge in [0.25, 0.3) is 0 Å². The van der Waals surface area contributed by atoms with Gasteiger partial charge in [-0.05, 0) is 38.3 Å². The van der Waals surface area contributed by atoms with Crippen LogP contribution in [0.4, 0.5) is 0 Å². The van der Waals surface area contributed by atoms with E-state index < -0.39 is 5.43 Å². The molecule has 0 bridgehead atoms. The highest BCUT2D eigenvalue weighted by molar-refractivity contribution is 5.92. The largest absolute Gasteiger partial charge is 0.508 e. The molecule has 0 radical (unpaired) electrons. The van der Waals surface area contributed by atoms with Gasteiger partial charge in [0.1, 0.15) is 39.7 Å². The molecule has 0 unspecified atom stereocenters. The molecule has 0 aliphatic heterocycles. The molecule has 6 heteroatoms. The number of benzene rings is 2. The zero-order valence-corrected chi connectivity index (χ0v) is 18.9. The number of aromatic hydroxyl groups is 3. The monoisotopic (exact) mass is 436 g/mol. The summed E-state index contributed by atoms with van der Waals surface area (Å²) in [6.07, 6.45) is 5.75. The fourth-order valence-electron chi connectivity index (χ4n) is 3.40. The van der Waals surface area contributed by atoms with Crippen LogP contribution in [0.15, 0.2) is 51.2 Å². The van der Waals surface area contributed by atoms with Crippen molar-refractivity contribution in [2.75, 3.05) is 7.11 Å². The molecule has 2 aromatic carbocycles. The van der Waals surface area contributed by atoms with Crippen LogP contribution in [0.25, 0.3) is 28.4 Å². The first-order valence-electron chi connectivity index (χ1n) is 10.4. The zero-order chi connectivity index (χ0) is 23.6. The van der Waals surface area contributed by atoms with E-state index in [-0.39, 0.29) is 51.9 Å². The standard InChI is InChI=1S/C26H28O6/c1-14(2)6-9-18-21(31-5)13-22-23(24(18)29)25(30)19(10-7-15(3)4)26(32-22)17-11-8-16(27)12-20(17)28/h6-9,11-14,27-29H,10H2,1-5H3/b9-6-. The maximum absolute atomic E-state index is 13.6. The maximum atomic E-state index is 13.6. The van der Waals surface area contributed by atoms with E-state index in [2.05, 4.69) is 0 Å². The lowest BCUT2D eigenvalue weighted by molar-refractivity contribution is 0.406. The second-order valence-electron chi connectivity index (χ2n) is 8.24. The predicted molar refractivity (Wildman–Crippen MR) is 126 cm³/mol. The van der Waals surface area contributed by atoms with Crippen molar-refractivity contribution in [3.05, 3.63) is 63.3 Å². The molecule has 3 aromatic rings. The Morgan fingerprint density at radius 1 is 1.16 bits per heavy atom. The minimum atomic E-state index is -0.398. The van der Waals surface area contributed by atoms with Crippen LogP contribution >= 0.6 is 0 Å². The Hall–Kier alpha value is -3.67. The number of hydrogen-bond donors (Lipinski definition) is 3. The first-order chi connectivity index (χ1) is 15.1. The van der Waals surface area contributed by atoms with Crippen molar-refractivity contribution >= 4 is 17.0 Å². The number of phenols is 3. The highest BCUT2D eigenvalue weighted by Gasteiger charge is 2.23. The number of phenolic OH excluding ortho intramolecular Hbond substituents is 3. The van der Waals surface area contributed by atoms with Gasteiger partial charge >= 0.3 is 0 Å². The number of fused-ring (bicyclic) bond motifs is 1. The van der Waals surface area contributed by atoms with Gasteiger partial charge in [0.15, 0.2) is 0 Å². The fraction of sp³-hybridized carbons (Fsp3) is 0.269. The molecule has 6 nitrogen and oxygen atoms in total. The molecule has 3 N–H and O–H groups in total. The molecule has 0 fully saturated rings. The first kappa shape index (κ1) is 23.0. The summed E-state index contributed by atoms with van der Waals surface area (Å²) in [7, 11) is 1.47. The minimum absolute atomic E-state index is 0.0494. The molecule has 1 aromatic heterocycles. The van der Waals surface area contributed by atoms with E-state index >= 15 is 0 Å². The van der Waals surface area contributed by atoms with Crippen LogP contribution in [0, 0.1) is 5.92 Å². The summed E-state index contributed by atoms with van der Waals surface area (Å²) in [5, 5.41) is 31.1. The van der Waals surface area contributed by atoms with Gasteiger partial charge in [-0.25, -0.2) is 0 Å². The van der Waals surface area contributed by atoms with E-state index in [9.17, 15) is 20.1 Å². The molecule has 3 rings (SSSR count).